The van der Waals surface area contributed by atoms with E-state index in [1.54, 1.807) is 0 Å². The van der Waals surface area contributed by atoms with Gasteiger partial charge in [0.05, 0.1) is 6.61 Å². The summed E-state index contributed by atoms with van der Waals surface area (Å²) < 4.78 is 37.0. The minimum atomic E-state index is -3.97. The third kappa shape index (κ3) is 3.80. The van der Waals surface area contributed by atoms with Crippen molar-refractivity contribution in [2.45, 2.75) is 62.5 Å². The van der Waals surface area contributed by atoms with Gasteiger partial charge >= 0.3 is 11.2 Å². The Hall–Kier alpha value is -2.00. The SMILES string of the molecule is Cc1ccc(C23CC4CC(CC(COC(=O)C(F)(F)SOOO)(C4)C2)C3)c2c1-c1ccccc1C2. The number of halogens is 2. The van der Waals surface area contributed by atoms with Crippen molar-refractivity contribution in [3.63, 3.8) is 0 Å². The van der Waals surface area contributed by atoms with Crippen LogP contribution in [-0.4, -0.2) is 23.1 Å². The van der Waals surface area contributed by atoms with Crippen LogP contribution < -0.4 is 0 Å². The zero-order valence-corrected chi connectivity index (χ0v) is 20.3. The molecule has 2 aromatic rings. The summed E-state index contributed by atoms with van der Waals surface area (Å²) in [6.07, 6.45) is 6.97. The highest BCUT2D eigenvalue weighted by atomic mass is 32.2. The number of carbonyl (C=O) groups excluding carboxylic acids is 1. The van der Waals surface area contributed by atoms with Crippen molar-refractivity contribution in [1.29, 1.82) is 0 Å². The van der Waals surface area contributed by atoms with Gasteiger partial charge in [0.1, 0.15) is 12.0 Å². The molecule has 0 aliphatic heterocycles. The molecule has 0 spiro atoms. The number of ether oxygens (including phenoxy) is 1. The van der Waals surface area contributed by atoms with Gasteiger partial charge in [-0.3, -0.25) is 0 Å². The van der Waals surface area contributed by atoms with E-state index in [4.69, 9.17) is 9.99 Å². The predicted octanol–water partition coefficient (Wildman–Crippen LogP) is 6.61. The number of rotatable bonds is 7. The number of aryl methyl sites for hydroxylation is 1. The van der Waals surface area contributed by atoms with Crippen LogP contribution in [0.1, 0.15) is 60.8 Å². The molecule has 8 heteroatoms. The van der Waals surface area contributed by atoms with Crippen molar-refractivity contribution in [2.24, 2.45) is 17.3 Å². The summed E-state index contributed by atoms with van der Waals surface area (Å²) in [4.78, 5) is 12.1. The van der Waals surface area contributed by atoms with Gasteiger partial charge in [-0.25, -0.2) is 10.1 Å². The van der Waals surface area contributed by atoms with E-state index in [2.05, 4.69) is 52.7 Å². The number of carbonyl (C=O) groups is 1. The molecule has 0 heterocycles. The van der Waals surface area contributed by atoms with Crippen LogP contribution in [0.3, 0.4) is 0 Å². The lowest BCUT2D eigenvalue weighted by Gasteiger charge is -2.62. The summed E-state index contributed by atoms with van der Waals surface area (Å²) in [5.74, 6) is -0.649. The van der Waals surface area contributed by atoms with Crippen LogP contribution in [-0.2, 0) is 30.7 Å². The van der Waals surface area contributed by atoms with E-state index in [-0.39, 0.29) is 17.4 Å². The molecule has 0 radical (unpaired) electrons. The molecular formula is C27H28F2O5S. The largest absolute Gasteiger partial charge is 0.460 e. The quantitative estimate of drug-likeness (QED) is 0.170. The molecule has 1 N–H and O–H groups in total. The molecule has 2 unspecified atom stereocenters. The minimum absolute atomic E-state index is 0.0125. The van der Waals surface area contributed by atoms with Crippen LogP contribution in [0.25, 0.3) is 11.1 Å². The molecule has 0 aromatic heterocycles. The Bertz CT molecular complexity index is 1170. The van der Waals surface area contributed by atoms with E-state index < -0.39 is 23.3 Å². The number of alkyl halides is 2. The van der Waals surface area contributed by atoms with E-state index in [9.17, 15) is 13.6 Å². The highest BCUT2D eigenvalue weighted by Gasteiger charge is 2.59. The lowest BCUT2D eigenvalue weighted by molar-refractivity contribution is -0.433. The molecule has 5 aliphatic carbocycles. The van der Waals surface area contributed by atoms with Crippen molar-refractivity contribution in [3.05, 3.63) is 58.7 Å². The van der Waals surface area contributed by atoms with Crippen LogP contribution in [0, 0.1) is 24.2 Å². The first-order valence-electron chi connectivity index (χ1n) is 12.2. The zero-order chi connectivity index (χ0) is 24.4. The van der Waals surface area contributed by atoms with Crippen molar-refractivity contribution < 1.29 is 32.9 Å². The molecule has 0 saturated heterocycles. The molecule has 7 rings (SSSR count). The lowest BCUT2D eigenvalue weighted by Crippen LogP contribution is -2.56. The van der Waals surface area contributed by atoms with Gasteiger partial charge in [0.25, 0.3) is 0 Å². The van der Waals surface area contributed by atoms with Gasteiger partial charge in [0, 0.05) is 5.41 Å². The first-order chi connectivity index (χ1) is 16.7. The Kier molecular flexibility index (Phi) is 5.53. The average molecular weight is 503 g/mol. The van der Waals surface area contributed by atoms with Crippen molar-refractivity contribution in [3.8, 4) is 11.1 Å². The highest BCUT2D eigenvalue weighted by molar-refractivity contribution is 7.96. The molecule has 186 valence electrons. The monoisotopic (exact) mass is 502 g/mol. The van der Waals surface area contributed by atoms with Crippen molar-refractivity contribution in [2.75, 3.05) is 6.61 Å². The second kappa shape index (κ2) is 8.26. The summed E-state index contributed by atoms with van der Waals surface area (Å²) in [6, 6.07) is 13.2. The van der Waals surface area contributed by atoms with E-state index in [0.717, 1.165) is 38.5 Å². The number of esters is 1. The third-order valence-corrected chi connectivity index (χ3v) is 9.35. The summed E-state index contributed by atoms with van der Waals surface area (Å²) in [6.45, 7) is 2.15. The number of benzene rings is 2. The lowest BCUT2D eigenvalue weighted by atomic mass is 9.42. The van der Waals surface area contributed by atoms with Crippen molar-refractivity contribution in [1.82, 2.24) is 0 Å². The van der Waals surface area contributed by atoms with E-state index in [0.29, 0.717) is 11.8 Å². The van der Waals surface area contributed by atoms with E-state index >= 15 is 0 Å². The third-order valence-electron chi connectivity index (χ3n) is 8.84. The van der Waals surface area contributed by atoms with Crippen molar-refractivity contribution >= 4 is 18.0 Å². The Labute approximate surface area is 207 Å². The summed E-state index contributed by atoms with van der Waals surface area (Å²) in [7, 11) is 0. The number of hydrogen-bond donors (Lipinski definition) is 1. The maximum atomic E-state index is 14.0. The summed E-state index contributed by atoms with van der Waals surface area (Å²) in [5.41, 5.74) is 7.86. The Balaban J connectivity index is 1.31. The Morgan fingerprint density at radius 3 is 2.63 bits per heavy atom. The van der Waals surface area contributed by atoms with Crippen LogP contribution in [0.15, 0.2) is 36.4 Å². The fourth-order valence-electron chi connectivity index (χ4n) is 8.26. The van der Waals surface area contributed by atoms with Gasteiger partial charge in [-0.15, -0.1) is 4.33 Å². The molecule has 4 fully saturated rings. The van der Waals surface area contributed by atoms with Crippen LogP contribution in [0.2, 0.25) is 0 Å². The smallest absolute Gasteiger partial charge is 0.415 e. The second-order valence-electron chi connectivity index (χ2n) is 11.2. The van der Waals surface area contributed by atoms with Gasteiger partial charge in [-0.2, -0.15) is 8.78 Å². The highest BCUT2D eigenvalue weighted by Crippen LogP contribution is 2.66. The van der Waals surface area contributed by atoms with Crippen LogP contribution >= 0.6 is 12.0 Å². The van der Waals surface area contributed by atoms with Crippen LogP contribution in [0.4, 0.5) is 8.78 Å². The Morgan fingerprint density at radius 1 is 1.14 bits per heavy atom. The zero-order valence-electron chi connectivity index (χ0n) is 19.5. The van der Waals surface area contributed by atoms with Gasteiger partial charge in [-0.1, -0.05) is 41.4 Å². The Morgan fingerprint density at radius 2 is 1.89 bits per heavy atom. The molecule has 5 nitrogen and oxygen atoms in total. The number of hydrogen-bond acceptors (Lipinski definition) is 6. The topological polar surface area (TPSA) is 65.0 Å². The first kappa shape index (κ1) is 23.4. The predicted molar refractivity (Wildman–Crippen MR) is 127 cm³/mol. The molecule has 5 aliphatic rings. The number of fused-ring (bicyclic) bond motifs is 3. The molecule has 0 amide bonds. The van der Waals surface area contributed by atoms with Gasteiger partial charge < -0.3 is 4.74 Å². The minimum Gasteiger partial charge on any atom is -0.460 e. The summed E-state index contributed by atoms with van der Waals surface area (Å²) >= 11 is -0.571. The molecular weight excluding hydrogens is 474 g/mol. The standard InChI is InChI=1S/C27H28F2O5S/c1-16-6-7-22(21-9-19-4-2-3-5-20(19)23(16)21)26-12-17-8-18(13-26)11-25(10-17,14-26)15-32-24(30)27(28,29)35-34-33-31/h2-7,17-18,31H,8-15H2,1H3. The maximum absolute atomic E-state index is 14.0. The fraction of sp³-hybridized carbons (Fsp3) is 0.519. The molecule has 2 aromatic carbocycles. The van der Waals surface area contributed by atoms with E-state index in [1.807, 2.05) is 0 Å². The molecule has 4 bridgehead atoms. The van der Waals surface area contributed by atoms with E-state index in [1.165, 1.54) is 39.8 Å². The molecule has 4 saturated carbocycles. The normalized spacial score (nSPS) is 30.3. The van der Waals surface area contributed by atoms with Gasteiger partial charge in [0.15, 0.2) is 0 Å². The van der Waals surface area contributed by atoms with Gasteiger partial charge in [0.2, 0.25) is 0 Å². The van der Waals surface area contributed by atoms with Crippen LogP contribution in [0.5, 0.6) is 0 Å². The first-order valence-corrected chi connectivity index (χ1v) is 12.9. The average Bonchev–Trinajstić information content (AvgIpc) is 3.21. The van der Waals surface area contributed by atoms with Gasteiger partial charge in [-0.05, 0) is 103 Å². The summed E-state index contributed by atoms with van der Waals surface area (Å²) in [5, 5.41) is 7.39. The second-order valence-corrected chi connectivity index (χ2v) is 12.0. The maximum Gasteiger partial charge on any atom is 0.415 e. The molecule has 2 atom stereocenters. The fourth-order valence-corrected chi connectivity index (χ4v) is 8.50. The molecule has 35 heavy (non-hydrogen) atoms.